The number of azo groups is 1. The van der Waals surface area contributed by atoms with Gasteiger partial charge in [0.1, 0.15) is 0 Å². The summed E-state index contributed by atoms with van der Waals surface area (Å²) in [5.74, 6) is -10.4. The maximum absolute atomic E-state index is 13.2. The molecule has 0 saturated carbocycles. The first-order valence-corrected chi connectivity index (χ1v) is 5.00. The van der Waals surface area contributed by atoms with Gasteiger partial charge in [-0.3, -0.25) is 0 Å². The molecule has 0 fully saturated rings. The van der Waals surface area contributed by atoms with Gasteiger partial charge >= 0.3 is 0 Å². The van der Waals surface area contributed by atoms with Gasteiger partial charge in [0.05, 0.1) is 5.69 Å². The zero-order valence-corrected chi connectivity index (χ0v) is 9.17. The summed E-state index contributed by atoms with van der Waals surface area (Å²) in [5.41, 5.74) is -1.10. The minimum absolute atomic E-state index is 0.214. The van der Waals surface area contributed by atoms with E-state index in [1.807, 2.05) is 0 Å². The van der Waals surface area contributed by atoms with E-state index in [0.29, 0.717) is 0 Å². The van der Waals surface area contributed by atoms with Crippen LogP contribution in [0, 0.1) is 29.1 Å². The average molecular weight is 272 g/mol. The van der Waals surface area contributed by atoms with Crippen molar-refractivity contribution in [2.75, 3.05) is 0 Å². The summed E-state index contributed by atoms with van der Waals surface area (Å²) < 4.78 is 65.0. The van der Waals surface area contributed by atoms with Crippen LogP contribution in [0.25, 0.3) is 0 Å². The Morgan fingerprint density at radius 1 is 0.579 bits per heavy atom. The van der Waals surface area contributed by atoms with Crippen LogP contribution in [0.4, 0.5) is 33.3 Å². The van der Waals surface area contributed by atoms with E-state index in [1.165, 1.54) is 12.1 Å². The van der Waals surface area contributed by atoms with Crippen molar-refractivity contribution < 1.29 is 22.0 Å². The quantitative estimate of drug-likeness (QED) is 0.325. The van der Waals surface area contributed by atoms with Crippen LogP contribution in [-0.2, 0) is 0 Å². The SMILES string of the molecule is Fc1c(F)c(F)c(N=Nc2ccccc2)c(F)c1F. The Balaban J connectivity index is 2.50. The predicted molar refractivity (Wildman–Crippen MR) is 56.9 cm³/mol. The van der Waals surface area contributed by atoms with Gasteiger partial charge in [-0.15, -0.1) is 5.11 Å². The maximum atomic E-state index is 13.2. The van der Waals surface area contributed by atoms with E-state index >= 15 is 0 Å². The molecule has 0 heterocycles. The van der Waals surface area contributed by atoms with E-state index in [0.717, 1.165) is 0 Å². The molecule has 0 aliphatic heterocycles. The molecule has 98 valence electrons. The lowest BCUT2D eigenvalue weighted by Crippen LogP contribution is -2.00. The first-order valence-electron chi connectivity index (χ1n) is 5.00. The van der Waals surface area contributed by atoms with Crippen molar-refractivity contribution >= 4 is 11.4 Å². The summed E-state index contributed by atoms with van der Waals surface area (Å²) in [7, 11) is 0. The largest absolute Gasteiger partial charge is 0.201 e. The van der Waals surface area contributed by atoms with Crippen LogP contribution < -0.4 is 0 Å². The van der Waals surface area contributed by atoms with Gasteiger partial charge in [-0.1, -0.05) is 18.2 Å². The summed E-state index contributed by atoms with van der Waals surface area (Å²) in [4.78, 5) is 0. The van der Waals surface area contributed by atoms with Crippen LogP contribution in [0.5, 0.6) is 0 Å². The minimum Gasteiger partial charge on any atom is -0.201 e. The van der Waals surface area contributed by atoms with E-state index in [2.05, 4.69) is 10.2 Å². The average Bonchev–Trinajstić information content (AvgIpc) is 2.44. The number of benzene rings is 2. The van der Waals surface area contributed by atoms with Gasteiger partial charge in [0.2, 0.25) is 5.82 Å². The molecular formula is C12H5F5N2. The number of rotatable bonds is 2. The highest BCUT2D eigenvalue weighted by atomic mass is 19.2. The van der Waals surface area contributed by atoms with Crippen LogP contribution in [0.1, 0.15) is 0 Å². The van der Waals surface area contributed by atoms with Crippen molar-refractivity contribution in [2.24, 2.45) is 10.2 Å². The Morgan fingerprint density at radius 3 is 1.58 bits per heavy atom. The summed E-state index contributed by atoms with van der Waals surface area (Å²) in [6.45, 7) is 0. The molecule has 2 nitrogen and oxygen atoms in total. The van der Waals surface area contributed by atoms with Crippen LogP contribution >= 0.6 is 0 Å². The molecule has 7 heteroatoms. The van der Waals surface area contributed by atoms with Crippen molar-refractivity contribution in [1.82, 2.24) is 0 Å². The lowest BCUT2D eigenvalue weighted by atomic mass is 10.2. The Hall–Kier alpha value is -2.31. The Labute approximate surface area is 104 Å². The first-order chi connectivity index (χ1) is 9.02. The molecule has 0 unspecified atom stereocenters. The molecule has 0 saturated heterocycles. The van der Waals surface area contributed by atoms with Gasteiger partial charge in [-0.2, -0.15) is 5.11 Å². The number of nitrogens with zero attached hydrogens (tertiary/aromatic N) is 2. The van der Waals surface area contributed by atoms with Crippen LogP contribution in [-0.4, -0.2) is 0 Å². The maximum Gasteiger partial charge on any atom is 0.200 e. The van der Waals surface area contributed by atoms with Crippen molar-refractivity contribution in [2.45, 2.75) is 0 Å². The fourth-order valence-corrected chi connectivity index (χ4v) is 1.28. The Kier molecular flexibility index (Phi) is 3.55. The van der Waals surface area contributed by atoms with Crippen LogP contribution in [0.3, 0.4) is 0 Å². The first kappa shape index (κ1) is 13.1. The third-order valence-electron chi connectivity index (χ3n) is 2.21. The van der Waals surface area contributed by atoms with E-state index in [9.17, 15) is 22.0 Å². The molecule has 0 N–H and O–H groups in total. The topological polar surface area (TPSA) is 24.7 Å². The monoisotopic (exact) mass is 272 g/mol. The van der Waals surface area contributed by atoms with Crippen molar-refractivity contribution in [3.63, 3.8) is 0 Å². The Bertz CT molecular complexity index is 611. The molecular weight excluding hydrogens is 267 g/mol. The minimum atomic E-state index is -2.23. The normalized spacial score (nSPS) is 11.2. The van der Waals surface area contributed by atoms with Gasteiger partial charge in [0.25, 0.3) is 0 Å². The summed E-state index contributed by atoms with van der Waals surface area (Å²) >= 11 is 0. The van der Waals surface area contributed by atoms with Crippen molar-refractivity contribution in [3.05, 3.63) is 59.4 Å². The molecule has 0 aromatic heterocycles. The van der Waals surface area contributed by atoms with Crippen molar-refractivity contribution in [3.8, 4) is 0 Å². The molecule has 0 aliphatic rings. The number of halogens is 5. The smallest absolute Gasteiger partial charge is 0.200 e. The second-order valence-electron chi connectivity index (χ2n) is 3.45. The zero-order chi connectivity index (χ0) is 14.0. The third kappa shape index (κ3) is 2.44. The van der Waals surface area contributed by atoms with Gasteiger partial charge < -0.3 is 0 Å². The third-order valence-corrected chi connectivity index (χ3v) is 2.21. The molecule has 0 atom stereocenters. The Morgan fingerprint density at radius 2 is 1.05 bits per heavy atom. The molecule has 2 aromatic carbocycles. The highest BCUT2D eigenvalue weighted by Gasteiger charge is 2.25. The lowest BCUT2D eigenvalue weighted by Gasteiger charge is -2.02. The second kappa shape index (κ2) is 5.13. The molecule has 0 aliphatic carbocycles. The summed E-state index contributed by atoms with van der Waals surface area (Å²) in [6, 6.07) is 7.72. The zero-order valence-electron chi connectivity index (χ0n) is 9.17. The fourth-order valence-electron chi connectivity index (χ4n) is 1.28. The molecule has 0 spiro atoms. The summed E-state index contributed by atoms with van der Waals surface area (Å²) in [6.07, 6.45) is 0. The van der Waals surface area contributed by atoms with E-state index < -0.39 is 34.8 Å². The molecule has 2 rings (SSSR count). The lowest BCUT2D eigenvalue weighted by molar-refractivity contribution is 0.380. The predicted octanol–water partition coefficient (Wildman–Crippen LogP) is 4.80. The molecule has 0 bridgehead atoms. The van der Waals surface area contributed by atoms with E-state index in [-0.39, 0.29) is 5.69 Å². The standard InChI is InChI=1S/C12H5F5N2/c13-7-8(14)10(16)12(11(17)9(7)15)19-18-6-4-2-1-3-5-6/h1-5H. The summed E-state index contributed by atoms with van der Waals surface area (Å²) in [5, 5.41) is 6.47. The van der Waals surface area contributed by atoms with Gasteiger partial charge in [-0.05, 0) is 12.1 Å². The van der Waals surface area contributed by atoms with Crippen LogP contribution in [0.15, 0.2) is 40.6 Å². The molecule has 0 amide bonds. The molecule has 2 aromatic rings. The van der Waals surface area contributed by atoms with Crippen LogP contribution in [0.2, 0.25) is 0 Å². The van der Waals surface area contributed by atoms with E-state index in [1.54, 1.807) is 18.2 Å². The molecule has 0 radical (unpaired) electrons. The van der Waals surface area contributed by atoms with Gasteiger partial charge in [0.15, 0.2) is 29.0 Å². The fraction of sp³-hybridized carbons (Fsp3) is 0. The highest BCUT2D eigenvalue weighted by molar-refractivity contribution is 5.43. The number of hydrogen-bond acceptors (Lipinski definition) is 2. The van der Waals surface area contributed by atoms with Gasteiger partial charge in [-0.25, -0.2) is 22.0 Å². The van der Waals surface area contributed by atoms with Crippen molar-refractivity contribution in [1.29, 1.82) is 0 Å². The second-order valence-corrected chi connectivity index (χ2v) is 3.45. The number of hydrogen-bond donors (Lipinski definition) is 0. The van der Waals surface area contributed by atoms with Gasteiger partial charge in [0, 0.05) is 0 Å². The van der Waals surface area contributed by atoms with E-state index in [4.69, 9.17) is 0 Å². The highest BCUT2D eigenvalue weighted by Crippen LogP contribution is 2.30. The molecule has 19 heavy (non-hydrogen) atoms.